The maximum absolute atomic E-state index is 14.3. The van der Waals surface area contributed by atoms with Crippen molar-refractivity contribution in [3.05, 3.63) is 75.7 Å². The van der Waals surface area contributed by atoms with Gasteiger partial charge in [-0.05, 0) is 48.3 Å². The standard InChI is InChI=1S/C24H20ClFN2O3/c1-28(2)21(29)13-31-24(30)22-15-6-3-4-9-20(15)27-23-14(10-11-16(22)23)12-17-18(25)7-5-8-19(17)26/h3-9,12H,10-11,13H2,1-2H3/b14-12-. The predicted molar refractivity (Wildman–Crippen MR) is 118 cm³/mol. The van der Waals surface area contributed by atoms with Gasteiger partial charge in [-0.2, -0.15) is 0 Å². The van der Waals surface area contributed by atoms with E-state index in [9.17, 15) is 14.0 Å². The molecule has 0 atom stereocenters. The molecule has 2 aromatic carbocycles. The molecule has 1 aromatic heterocycles. The predicted octanol–water partition coefficient (Wildman–Crippen LogP) is 4.76. The summed E-state index contributed by atoms with van der Waals surface area (Å²) < 4.78 is 19.6. The van der Waals surface area contributed by atoms with Crippen LogP contribution in [0.4, 0.5) is 4.39 Å². The maximum Gasteiger partial charge on any atom is 0.339 e. The number of ether oxygens (including phenoxy) is 1. The van der Waals surface area contributed by atoms with Gasteiger partial charge < -0.3 is 9.64 Å². The van der Waals surface area contributed by atoms with Crippen LogP contribution in [0, 0.1) is 5.82 Å². The number of halogens is 2. The van der Waals surface area contributed by atoms with Crippen LogP contribution in [0.25, 0.3) is 22.6 Å². The molecule has 1 amide bonds. The first kappa shape index (κ1) is 21.0. The largest absolute Gasteiger partial charge is 0.452 e. The molecule has 158 valence electrons. The van der Waals surface area contributed by atoms with Crippen molar-refractivity contribution >= 4 is 46.0 Å². The Labute approximate surface area is 184 Å². The number of pyridine rings is 1. The van der Waals surface area contributed by atoms with Gasteiger partial charge in [-0.1, -0.05) is 35.9 Å². The van der Waals surface area contributed by atoms with Gasteiger partial charge in [-0.25, -0.2) is 14.2 Å². The lowest BCUT2D eigenvalue weighted by Gasteiger charge is -2.14. The van der Waals surface area contributed by atoms with Crippen LogP contribution in [0.1, 0.15) is 33.6 Å². The normalized spacial score (nSPS) is 14.0. The lowest BCUT2D eigenvalue weighted by atomic mass is 10.0. The van der Waals surface area contributed by atoms with Crippen LogP contribution in [0.3, 0.4) is 0 Å². The third-order valence-corrected chi connectivity index (χ3v) is 5.62. The lowest BCUT2D eigenvalue weighted by Crippen LogP contribution is -2.27. The van der Waals surface area contributed by atoms with Crippen molar-refractivity contribution in [2.45, 2.75) is 12.8 Å². The number of amides is 1. The lowest BCUT2D eigenvalue weighted by molar-refractivity contribution is -0.131. The number of hydrogen-bond acceptors (Lipinski definition) is 4. The summed E-state index contributed by atoms with van der Waals surface area (Å²) in [6.07, 6.45) is 2.83. The monoisotopic (exact) mass is 438 g/mol. The van der Waals surface area contributed by atoms with Gasteiger partial charge in [0.25, 0.3) is 5.91 Å². The number of para-hydroxylation sites is 1. The SMILES string of the molecule is CN(C)C(=O)COC(=O)c1c2c(nc3ccccc13)/C(=C\c1c(F)cccc1Cl)CC2. The van der Waals surface area contributed by atoms with Crippen molar-refractivity contribution in [3.8, 4) is 0 Å². The zero-order valence-corrected chi connectivity index (χ0v) is 17.9. The topological polar surface area (TPSA) is 59.5 Å². The summed E-state index contributed by atoms with van der Waals surface area (Å²) in [5, 5.41) is 0.970. The van der Waals surface area contributed by atoms with E-state index in [-0.39, 0.29) is 12.5 Å². The molecule has 0 bridgehead atoms. The van der Waals surface area contributed by atoms with E-state index < -0.39 is 11.8 Å². The van der Waals surface area contributed by atoms with E-state index in [1.54, 1.807) is 32.3 Å². The van der Waals surface area contributed by atoms with Gasteiger partial charge in [-0.3, -0.25) is 4.79 Å². The molecule has 3 aromatic rings. The first-order valence-corrected chi connectivity index (χ1v) is 10.2. The third kappa shape index (κ3) is 4.03. The van der Waals surface area contributed by atoms with Gasteiger partial charge in [0.05, 0.1) is 21.8 Å². The van der Waals surface area contributed by atoms with Crippen molar-refractivity contribution in [1.29, 1.82) is 0 Å². The number of rotatable bonds is 4. The fourth-order valence-electron chi connectivity index (χ4n) is 3.66. The van der Waals surface area contributed by atoms with Crippen LogP contribution in [-0.4, -0.2) is 42.5 Å². The number of nitrogens with zero attached hydrogens (tertiary/aromatic N) is 2. The summed E-state index contributed by atoms with van der Waals surface area (Å²) >= 11 is 6.19. The number of likely N-dealkylation sites (N-methyl/N-ethyl adjacent to an activating group) is 1. The molecule has 1 heterocycles. The third-order valence-electron chi connectivity index (χ3n) is 5.29. The molecular weight excluding hydrogens is 419 g/mol. The summed E-state index contributed by atoms with van der Waals surface area (Å²) in [5.41, 5.74) is 3.48. The van der Waals surface area contributed by atoms with Crippen molar-refractivity contribution in [3.63, 3.8) is 0 Å². The van der Waals surface area contributed by atoms with Crippen LogP contribution in [-0.2, 0) is 16.0 Å². The summed E-state index contributed by atoms with van der Waals surface area (Å²) in [6.45, 7) is -0.342. The zero-order chi connectivity index (χ0) is 22.1. The van der Waals surface area contributed by atoms with Crippen molar-refractivity contribution in [2.24, 2.45) is 0 Å². The minimum Gasteiger partial charge on any atom is -0.452 e. The quantitative estimate of drug-likeness (QED) is 0.551. The average molecular weight is 439 g/mol. The molecule has 31 heavy (non-hydrogen) atoms. The fourth-order valence-corrected chi connectivity index (χ4v) is 3.88. The summed E-state index contributed by atoms with van der Waals surface area (Å²) in [4.78, 5) is 31.0. The van der Waals surface area contributed by atoms with Gasteiger partial charge in [0, 0.05) is 25.0 Å². The highest BCUT2D eigenvalue weighted by Crippen LogP contribution is 2.38. The number of benzene rings is 2. The zero-order valence-electron chi connectivity index (χ0n) is 17.1. The average Bonchev–Trinajstić information content (AvgIpc) is 3.14. The number of allylic oxidation sites excluding steroid dienone is 1. The second kappa shape index (κ2) is 8.47. The number of aromatic nitrogens is 1. The van der Waals surface area contributed by atoms with Crippen molar-refractivity contribution < 1.29 is 18.7 Å². The van der Waals surface area contributed by atoms with E-state index in [1.807, 2.05) is 24.3 Å². The second-order valence-electron chi connectivity index (χ2n) is 7.50. The number of esters is 1. The van der Waals surface area contributed by atoms with E-state index in [1.165, 1.54) is 11.0 Å². The van der Waals surface area contributed by atoms with Crippen LogP contribution < -0.4 is 0 Å². The molecule has 1 aliphatic rings. The van der Waals surface area contributed by atoms with E-state index >= 15 is 0 Å². The van der Waals surface area contributed by atoms with Crippen LogP contribution >= 0.6 is 11.6 Å². The molecule has 0 fully saturated rings. The molecule has 5 nitrogen and oxygen atoms in total. The highest BCUT2D eigenvalue weighted by atomic mass is 35.5. The first-order valence-electron chi connectivity index (χ1n) is 9.80. The van der Waals surface area contributed by atoms with Gasteiger partial charge in [-0.15, -0.1) is 0 Å². The Hall–Kier alpha value is -3.25. The van der Waals surface area contributed by atoms with E-state index in [0.717, 1.165) is 11.1 Å². The van der Waals surface area contributed by atoms with Crippen molar-refractivity contribution in [1.82, 2.24) is 9.88 Å². The molecule has 0 radical (unpaired) electrons. The van der Waals surface area contributed by atoms with Gasteiger partial charge >= 0.3 is 5.97 Å². The van der Waals surface area contributed by atoms with Crippen LogP contribution in [0.2, 0.25) is 5.02 Å². The minimum absolute atomic E-state index is 0.294. The maximum atomic E-state index is 14.3. The Morgan fingerprint density at radius 1 is 1.16 bits per heavy atom. The van der Waals surface area contributed by atoms with Gasteiger partial charge in [0.15, 0.2) is 6.61 Å². The van der Waals surface area contributed by atoms with Crippen LogP contribution in [0.15, 0.2) is 42.5 Å². The number of carbonyl (C=O) groups is 2. The van der Waals surface area contributed by atoms with E-state index in [2.05, 4.69) is 0 Å². The Morgan fingerprint density at radius 2 is 1.94 bits per heavy atom. The molecule has 0 saturated heterocycles. The van der Waals surface area contributed by atoms with E-state index in [0.29, 0.717) is 45.6 Å². The Bertz CT molecular complexity index is 1220. The summed E-state index contributed by atoms with van der Waals surface area (Å²) in [6, 6.07) is 11.8. The van der Waals surface area contributed by atoms with Gasteiger partial charge in [0.1, 0.15) is 5.82 Å². The van der Waals surface area contributed by atoms with Crippen molar-refractivity contribution in [2.75, 3.05) is 20.7 Å². The smallest absolute Gasteiger partial charge is 0.339 e. The minimum atomic E-state index is -0.574. The summed E-state index contributed by atoms with van der Waals surface area (Å²) in [5.74, 6) is -1.30. The molecule has 0 spiro atoms. The highest BCUT2D eigenvalue weighted by molar-refractivity contribution is 6.32. The molecule has 7 heteroatoms. The van der Waals surface area contributed by atoms with E-state index in [4.69, 9.17) is 21.3 Å². The second-order valence-corrected chi connectivity index (χ2v) is 7.91. The van der Waals surface area contributed by atoms with Gasteiger partial charge in [0.2, 0.25) is 0 Å². The molecular formula is C24H20ClFN2O3. The fraction of sp³-hybridized carbons (Fsp3) is 0.208. The highest BCUT2D eigenvalue weighted by Gasteiger charge is 2.28. The summed E-state index contributed by atoms with van der Waals surface area (Å²) in [7, 11) is 3.20. The van der Waals surface area contributed by atoms with Crippen LogP contribution in [0.5, 0.6) is 0 Å². The number of carbonyl (C=O) groups excluding carboxylic acids is 2. The Kier molecular flexibility index (Phi) is 5.74. The molecule has 1 aliphatic carbocycles. The number of fused-ring (bicyclic) bond motifs is 2. The molecule has 0 N–H and O–H groups in total. The molecule has 0 saturated carbocycles. The first-order chi connectivity index (χ1) is 14.9. The molecule has 0 unspecified atom stereocenters. The molecule has 0 aliphatic heterocycles. The molecule has 4 rings (SSSR count). The number of hydrogen-bond donors (Lipinski definition) is 0. The Morgan fingerprint density at radius 3 is 2.68 bits per heavy atom. The Balaban J connectivity index is 1.81.